The Hall–Kier alpha value is 0.0600. The van der Waals surface area contributed by atoms with E-state index in [4.69, 9.17) is 28.0 Å². The van der Waals surface area contributed by atoms with Gasteiger partial charge in [0.25, 0.3) is 0 Å². The monoisotopic (exact) mass is 1950 g/mol. The SMILES string of the molecule is CCCCCCCCCCCCOC(=O)CCCCCCCCCCCCSP(OC1CCC(C(C)(C)C2CCC(OP(SCCCCCCCCCCCCC(=O)OCCCCCCCCCCCC)SCCCCCCCCCCCCC(=O)OCCCCCCCCCCCC)CC2)CC1)SCCCCCCCCCCCCC(=O)OCCCCCCCCCCCC. The number of rotatable bonds is 106. The first kappa shape index (κ1) is 127. The van der Waals surface area contributed by atoms with Gasteiger partial charge in [-0.3, -0.25) is 19.2 Å². The van der Waals surface area contributed by atoms with Gasteiger partial charge in [-0.25, -0.2) is 0 Å². The summed E-state index contributed by atoms with van der Waals surface area (Å²) in [5.41, 5.74) is 0.343. The molecule has 776 valence electrons. The van der Waals surface area contributed by atoms with Gasteiger partial charge < -0.3 is 28.0 Å². The van der Waals surface area contributed by atoms with Crippen molar-refractivity contribution in [3.8, 4) is 0 Å². The van der Waals surface area contributed by atoms with Crippen LogP contribution in [0.1, 0.15) is 632 Å². The van der Waals surface area contributed by atoms with Crippen molar-refractivity contribution in [2.24, 2.45) is 17.3 Å². The normalized spacial score (nSPS) is 15.5. The van der Waals surface area contributed by atoms with Crippen molar-refractivity contribution < 1.29 is 47.2 Å². The lowest BCUT2D eigenvalue weighted by atomic mass is 9.60. The van der Waals surface area contributed by atoms with E-state index in [1.165, 1.54) is 511 Å². The van der Waals surface area contributed by atoms with Gasteiger partial charge in [0.1, 0.15) is 0 Å². The highest BCUT2D eigenvalue weighted by Crippen LogP contribution is 2.65. The molecular weight excluding hydrogens is 1730 g/mol. The summed E-state index contributed by atoms with van der Waals surface area (Å²) in [5, 5.41) is 0. The predicted octanol–water partition coefficient (Wildman–Crippen LogP) is 41.6. The summed E-state index contributed by atoms with van der Waals surface area (Å²) < 4.78 is 36.8. The van der Waals surface area contributed by atoms with Crippen LogP contribution in [0, 0.1) is 17.3 Å². The van der Waals surface area contributed by atoms with Crippen LogP contribution in [0.2, 0.25) is 0 Å². The Morgan fingerprint density at radius 1 is 0.206 bits per heavy atom. The molecule has 131 heavy (non-hydrogen) atoms. The van der Waals surface area contributed by atoms with E-state index in [1.807, 2.05) is 0 Å². The third kappa shape index (κ3) is 87.6. The van der Waals surface area contributed by atoms with Gasteiger partial charge in [-0.15, -0.1) is 0 Å². The van der Waals surface area contributed by atoms with Crippen molar-refractivity contribution in [2.75, 3.05) is 49.4 Å². The first-order valence-corrected chi connectivity index (χ1v) is 67.5. The van der Waals surface area contributed by atoms with E-state index in [2.05, 4.69) is 87.1 Å². The topological polar surface area (TPSA) is 124 Å². The van der Waals surface area contributed by atoms with E-state index in [0.29, 0.717) is 69.7 Å². The van der Waals surface area contributed by atoms with Gasteiger partial charge in [-0.2, -0.15) is 0 Å². The Morgan fingerprint density at radius 2 is 0.351 bits per heavy atom. The van der Waals surface area contributed by atoms with Gasteiger partial charge in [-0.1, -0.05) is 524 Å². The van der Waals surface area contributed by atoms with E-state index in [1.54, 1.807) is 0 Å². The first-order chi connectivity index (χ1) is 64.5. The second kappa shape index (κ2) is 102. The van der Waals surface area contributed by atoms with E-state index >= 15 is 0 Å². The zero-order valence-corrected chi connectivity index (χ0v) is 93.2. The maximum atomic E-state index is 12.4. The molecule has 16 heteroatoms. The van der Waals surface area contributed by atoms with Crippen LogP contribution in [0.5, 0.6) is 0 Å². The van der Waals surface area contributed by atoms with E-state index < -0.39 is 13.1 Å². The summed E-state index contributed by atoms with van der Waals surface area (Å²) in [4.78, 5) is 49.4. The molecule has 0 saturated heterocycles. The summed E-state index contributed by atoms with van der Waals surface area (Å²) in [7, 11) is 0. The molecule has 2 aliphatic carbocycles. The lowest BCUT2D eigenvalue weighted by Gasteiger charge is -2.47. The Bertz CT molecular complexity index is 2080. The molecule has 2 fully saturated rings. The Labute approximate surface area is 834 Å². The number of esters is 4. The van der Waals surface area contributed by atoms with Gasteiger partial charge in [-0.05, 0) is 146 Å². The van der Waals surface area contributed by atoms with Crippen molar-refractivity contribution in [1.82, 2.24) is 0 Å². The molecule has 0 aromatic heterocycles. The van der Waals surface area contributed by atoms with Crippen molar-refractivity contribution in [3.05, 3.63) is 0 Å². The number of hydrogen-bond acceptors (Lipinski definition) is 14. The molecule has 10 nitrogen and oxygen atoms in total. The van der Waals surface area contributed by atoms with E-state index in [0.717, 1.165) is 88.9 Å². The fourth-order valence-electron chi connectivity index (χ4n) is 19.7. The van der Waals surface area contributed by atoms with Crippen molar-refractivity contribution >= 4 is 82.5 Å². The molecule has 0 unspecified atom stereocenters. The molecule has 0 N–H and O–H groups in total. The summed E-state index contributed by atoms with van der Waals surface area (Å²) >= 11 is 8.72. The fourth-order valence-corrected chi connectivity index (χ4v) is 32.9. The second-order valence-corrected chi connectivity index (χ2v) is 54.0. The zero-order valence-electron chi connectivity index (χ0n) is 88.1. The maximum Gasteiger partial charge on any atom is 0.305 e. The summed E-state index contributed by atoms with van der Waals surface area (Å²) in [6, 6.07) is 0. The number of hydrogen-bond donors (Lipinski definition) is 0. The lowest BCUT2D eigenvalue weighted by Crippen LogP contribution is -2.38. The average Bonchev–Trinajstić information content (AvgIpc) is 0.800. The number of carbonyl (C=O) groups excluding carboxylic acids is 4. The van der Waals surface area contributed by atoms with Crippen LogP contribution in [-0.4, -0.2) is 85.5 Å². The highest BCUT2D eigenvalue weighted by molar-refractivity contribution is 8.87. The van der Waals surface area contributed by atoms with Gasteiger partial charge in [0.05, 0.1) is 38.6 Å². The predicted molar refractivity (Wildman–Crippen MR) is 585 cm³/mol. The van der Waals surface area contributed by atoms with Gasteiger partial charge in [0.2, 0.25) is 0 Å². The molecule has 2 saturated carbocycles. The summed E-state index contributed by atoms with van der Waals surface area (Å²) in [5.74, 6) is 6.52. The third-order valence-corrected chi connectivity index (χ3v) is 42.1. The molecule has 0 atom stereocenters. The van der Waals surface area contributed by atoms with Crippen LogP contribution in [0.15, 0.2) is 0 Å². The Balaban J connectivity index is 1.81. The van der Waals surface area contributed by atoms with Crippen molar-refractivity contribution in [2.45, 2.75) is 644 Å². The minimum Gasteiger partial charge on any atom is -0.466 e. The average molecular weight is 1960 g/mol. The van der Waals surface area contributed by atoms with Gasteiger partial charge in [0.15, 0.2) is 13.1 Å². The van der Waals surface area contributed by atoms with Gasteiger partial charge in [0, 0.05) is 48.7 Å². The highest BCUT2D eigenvalue weighted by Gasteiger charge is 2.42. The third-order valence-electron chi connectivity index (χ3n) is 28.9. The summed E-state index contributed by atoms with van der Waals surface area (Å²) in [6.07, 6.45) is 116. The highest BCUT2D eigenvalue weighted by atomic mass is 33.1. The molecule has 0 spiro atoms. The second-order valence-electron chi connectivity index (χ2n) is 41.5. The fraction of sp³-hybridized carbons (Fsp3) is 0.965. The van der Waals surface area contributed by atoms with E-state index in [9.17, 15) is 19.2 Å². The quantitative estimate of drug-likeness (QED) is 0.0248. The van der Waals surface area contributed by atoms with Crippen LogP contribution in [0.3, 0.4) is 0 Å². The molecule has 2 rings (SSSR count). The Kier molecular flexibility index (Phi) is 98.5. The molecule has 2 aliphatic rings. The zero-order chi connectivity index (χ0) is 94.1. The summed E-state index contributed by atoms with van der Waals surface area (Å²) in [6.45, 7) is 15.8. The number of ether oxygens (including phenoxy) is 4. The number of unbranched alkanes of at least 4 members (excludes halogenated alkanes) is 72. The van der Waals surface area contributed by atoms with Crippen LogP contribution >= 0.6 is 58.6 Å². The first-order valence-electron chi connectivity index (χ1n) is 58.6. The smallest absolute Gasteiger partial charge is 0.305 e. The lowest BCUT2D eigenvalue weighted by molar-refractivity contribution is -0.144. The Morgan fingerprint density at radius 3 is 0.519 bits per heavy atom. The molecule has 0 aromatic carbocycles. The van der Waals surface area contributed by atoms with E-state index in [-0.39, 0.29) is 23.9 Å². The standard InChI is InChI=1S/C115H222O10P2S4/c1-7-11-15-19-23-27-43-55-67-79-99-120-111(116)87-75-63-51-39-31-35-47-59-71-83-103-128-126(129-104-84-72-60-48-36-32-40-52-64-76-88-112(117)121-100-80-68-56-44-28-24-20-16-12-8-2)124-109-95-91-107(92-96-109)115(5,6)108-93-97-110(98-94-108)125-127(130-105-85-73-61-49-37-33-41-53-65-77-89-113(118)122-101-81-69-57-45-29-25-21-17-13-9-3)131-106-86-74-62-50-38-34-42-54-66-78-90-114(119)123-102-82-70-58-46-30-26-22-18-14-10-4/h107-110H,7-106H2,1-6H3. The number of carbonyl (C=O) groups is 4. The van der Waals surface area contributed by atoms with Crippen LogP contribution in [-0.2, 0) is 47.2 Å². The molecule has 0 aliphatic heterocycles. The molecule has 0 aromatic rings. The maximum absolute atomic E-state index is 12.4. The van der Waals surface area contributed by atoms with Crippen LogP contribution in [0.4, 0.5) is 0 Å². The molecular formula is C115H222O10P2S4. The van der Waals surface area contributed by atoms with Crippen LogP contribution in [0.25, 0.3) is 0 Å². The molecule has 0 amide bonds. The van der Waals surface area contributed by atoms with Crippen molar-refractivity contribution in [1.29, 1.82) is 0 Å². The van der Waals surface area contributed by atoms with Gasteiger partial charge >= 0.3 is 23.9 Å². The minimum atomic E-state index is -0.548. The molecule has 0 heterocycles. The minimum absolute atomic E-state index is 0.0138. The largest absolute Gasteiger partial charge is 0.466 e. The molecule has 0 radical (unpaired) electrons. The molecule has 0 bridgehead atoms. The van der Waals surface area contributed by atoms with Crippen LogP contribution < -0.4 is 0 Å². The van der Waals surface area contributed by atoms with Crippen molar-refractivity contribution in [3.63, 3.8) is 0 Å².